The van der Waals surface area contributed by atoms with Gasteiger partial charge in [0.2, 0.25) is 11.8 Å². The van der Waals surface area contributed by atoms with E-state index in [2.05, 4.69) is 15.4 Å². The van der Waals surface area contributed by atoms with E-state index in [1.54, 1.807) is 41.9 Å². The summed E-state index contributed by atoms with van der Waals surface area (Å²) in [5.41, 5.74) is 9.88. The number of benzene rings is 2. The monoisotopic (exact) mass is 435 g/mol. The Morgan fingerprint density at radius 3 is 2.72 bits per heavy atom. The van der Waals surface area contributed by atoms with Crippen LogP contribution in [0.3, 0.4) is 0 Å². The standard InChI is InChI=1S/C23H22FN5O3/c1-13-3-5-16(24)10-20(13)32-21-11-18(26-7-8-30)23-27-12-19(29(23)28-21)15-4-6-17(22(25)31)14(2)9-15/h3-6,9-12,26,30H,7-8H2,1-2H3,(H2,25,31). The third-order valence-electron chi connectivity index (χ3n) is 5.02. The van der Waals surface area contributed by atoms with Crippen molar-refractivity contribution in [2.45, 2.75) is 13.8 Å². The maximum absolute atomic E-state index is 13.7. The van der Waals surface area contributed by atoms with Crippen LogP contribution in [0, 0.1) is 19.7 Å². The zero-order valence-corrected chi connectivity index (χ0v) is 17.6. The molecule has 1 amide bonds. The molecule has 0 unspecified atom stereocenters. The lowest BCUT2D eigenvalue weighted by Gasteiger charge is -2.12. The molecule has 0 atom stereocenters. The molecule has 0 saturated carbocycles. The minimum atomic E-state index is -0.498. The molecule has 0 radical (unpaired) electrons. The first-order valence-corrected chi connectivity index (χ1v) is 9.95. The summed E-state index contributed by atoms with van der Waals surface area (Å²) in [6.07, 6.45) is 1.66. The van der Waals surface area contributed by atoms with E-state index in [-0.39, 0.29) is 12.5 Å². The molecule has 164 valence electrons. The number of aryl methyl sites for hydroxylation is 2. The van der Waals surface area contributed by atoms with Crippen molar-refractivity contribution in [3.63, 3.8) is 0 Å². The van der Waals surface area contributed by atoms with Gasteiger partial charge in [0.25, 0.3) is 0 Å². The number of aromatic nitrogens is 3. The Hall–Kier alpha value is -3.98. The molecule has 32 heavy (non-hydrogen) atoms. The zero-order valence-electron chi connectivity index (χ0n) is 17.6. The highest BCUT2D eigenvalue weighted by atomic mass is 19.1. The molecule has 4 N–H and O–H groups in total. The van der Waals surface area contributed by atoms with E-state index >= 15 is 0 Å². The molecule has 4 aromatic rings. The number of fused-ring (bicyclic) bond motifs is 1. The van der Waals surface area contributed by atoms with Gasteiger partial charge in [0.1, 0.15) is 11.6 Å². The Bertz CT molecular complexity index is 1320. The highest BCUT2D eigenvalue weighted by Crippen LogP contribution is 2.31. The van der Waals surface area contributed by atoms with Gasteiger partial charge in [0.15, 0.2) is 5.65 Å². The maximum Gasteiger partial charge on any atom is 0.248 e. The zero-order chi connectivity index (χ0) is 22.8. The van der Waals surface area contributed by atoms with Gasteiger partial charge >= 0.3 is 0 Å². The molecule has 0 saturated heterocycles. The van der Waals surface area contributed by atoms with Crippen LogP contribution >= 0.6 is 0 Å². The van der Waals surface area contributed by atoms with E-state index in [1.807, 2.05) is 13.0 Å². The van der Waals surface area contributed by atoms with Crippen molar-refractivity contribution in [2.24, 2.45) is 5.73 Å². The van der Waals surface area contributed by atoms with Gasteiger partial charge in [0.05, 0.1) is 24.2 Å². The summed E-state index contributed by atoms with van der Waals surface area (Å²) in [7, 11) is 0. The number of ether oxygens (including phenoxy) is 1. The number of aliphatic hydroxyl groups is 1. The largest absolute Gasteiger partial charge is 0.437 e. The van der Waals surface area contributed by atoms with Crippen LogP contribution in [0.1, 0.15) is 21.5 Å². The lowest BCUT2D eigenvalue weighted by atomic mass is 10.0. The average Bonchev–Trinajstić information content (AvgIpc) is 3.18. The van der Waals surface area contributed by atoms with Crippen molar-refractivity contribution in [3.8, 4) is 22.9 Å². The first-order chi connectivity index (χ1) is 15.4. The second-order valence-corrected chi connectivity index (χ2v) is 7.33. The summed E-state index contributed by atoms with van der Waals surface area (Å²) >= 11 is 0. The molecular formula is C23H22FN5O3. The number of nitrogens with zero attached hydrogens (tertiary/aromatic N) is 3. The second-order valence-electron chi connectivity index (χ2n) is 7.33. The number of nitrogens with one attached hydrogen (secondary N) is 1. The minimum absolute atomic E-state index is 0.0744. The summed E-state index contributed by atoms with van der Waals surface area (Å²) in [6.45, 7) is 3.83. The fourth-order valence-corrected chi connectivity index (χ4v) is 3.41. The molecule has 2 aromatic heterocycles. The lowest BCUT2D eigenvalue weighted by molar-refractivity contribution is 0.0999. The number of nitrogens with two attached hydrogens (primary N) is 1. The van der Waals surface area contributed by atoms with Gasteiger partial charge in [0, 0.05) is 29.8 Å². The first-order valence-electron chi connectivity index (χ1n) is 9.95. The first kappa shape index (κ1) is 21.3. The fraction of sp³-hybridized carbons (Fsp3) is 0.174. The van der Waals surface area contributed by atoms with Gasteiger partial charge in [-0.2, -0.15) is 0 Å². The van der Waals surface area contributed by atoms with Crippen LogP contribution in [0.15, 0.2) is 48.7 Å². The van der Waals surface area contributed by atoms with Crippen molar-refractivity contribution in [1.29, 1.82) is 0 Å². The van der Waals surface area contributed by atoms with E-state index in [1.165, 1.54) is 12.1 Å². The summed E-state index contributed by atoms with van der Waals surface area (Å²) in [6, 6.07) is 11.2. The van der Waals surface area contributed by atoms with Gasteiger partial charge in [-0.1, -0.05) is 12.1 Å². The van der Waals surface area contributed by atoms with Gasteiger partial charge in [-0.25, -0.2) is 13.9 Å². The second kappa shape index (κ2) is 8.64. The van der Waals surface area contributed by atoms with Gasteiger partial charge < -0.3 is 20.9 Å². The topological polar surface area (TPSA) is 115 Å². The van der Waals surface area contributed by atoms with E-state index in [9.17, 15) is 14.3 Å². The molecule has 0 bridgehead atoms. The van der Waals surface area contributed by atoms with E-state index in [4.69, 9.17) is 10.5 Å². The molecule has 0 aliphatic heterocycles. The molecule has 8 nitrogen and oxygen atoms in total. The maximum atomic E-state index is 13.7. The Morgan fingerprint density at radius 2 is 2.00 bits per heavy atom. The minimum Gasteiger partial charge on any atom is -0.437 e. The SMILES string of the molecule is Cc1ccc(F)cc1Oc1cc(NCCO)c2ncc(-c3ccc(C(N)=O)c(C)c3)n2n1. The Kier molecular flexibility index (Phi) is 5.74. The lowest BCUT2D eigenvalue weighted by Crippen LogP contribution is -2.12. The number of aliphatic hydroxyl groups excluding tert-OH is 1. The fourth-order valence-electron chi connectivity index (χ4n) is 3.41. The number of amides is 1. The predicted molar refractivity (Wildman–Crippen MR) is 118 cm³/mol. The number of hydrogen-bond acceptors (Lipinski definition) is 6. The third-order valence-corrected chi connectivity index (χ3v) is 5.02. The predicted octanol–water partition coefficient (Wildman–Crippen LogP) is 3.45. The molecule has 0 aliphatic carbocycles. The number of imidazole rings is 1. The molecule has 0 fully saturated rings. The highest BCUT2D eigenvalue weighted by Gasteiger charge is 2.16. The molecular weight excluding hydrogens is 413 g/mol. The number of halogens is 1. The number of hydrogen-bond donors (Lipinski definition) is 3. The van der Waals surface area contributed by atoms with Gasteiger partial charge in [-0.3, -0.25) is 4.79 Å². The number of carbonyl (C=O) groups excluding carboxylic acids is 1. The van der Waals surface area contributed by atoms with Crippen molar-refractivity contribution in [3.05, 3.63) is 71.2 Å². The van der Waals surface area contributed by atoms with E-state index < -0.39 is 11.7 Å². The van der Waals surface area contributed by atoms with Crippen LogP contribution in [0.5, 0.6) is 11.6 Å². The highest BCUT2D eigenvalue weighted by molar-refractivity contribution is 5.94. The molecule has 0 spiro atoms. The summed E-state index contributed by atoms with van der Waals surface area (Å²) in [4.78, 5) is 16.0. The molecule has 0 aliphatic rings. The van der Waals surface area contributed by atoms with Crippen LogP contribution in [-0.4, -0.2) is 38.8 Å². The number of primary amides is 1. The van der Waals surface area contributed by atoms with Crippen molar-refractivity contribution in [2.75, 3.05) is 18.5 Å². The average molecular weight is 435 g/mol. The molecule has 9 heteroatoms. The number of rotatable bonds is 7. The van der Waals surface area contributed by atoms with Crippen LogP contribution in [0.25, 0.3) is 16.9 Å². The Labute approximate surface area is 183 Å². The van der Waals surface area contributed by atoms with Crippen molar-refractivity contribution in [1.82, 2.24) is 14.6 Å². The van der Waals surface area contributed by atoms with E-state index in [0.717, 1.165) is 16.7 Å². The Balaban J connectivity index is 1.83. The van der Waals surface area contributed by atoms with Crippen LogP contribution < -0.4 is 15.8 Å². The number of anilines is 1. The summed E-state index contributed by atoms with van der Waals surface area (Å²) in [5, 5.41) is 16.9. The summed E-state index contributed by atoms with van der Waals surface area (Å²) in [5.74, 6) is -0.356. The van der Waals surface area contributed by atoms with Crippen LogP contribution in [-0.2, 0) is 0 Å². The summed E-state index contributed by atoms with van der Waals surface area (Å²) < 4.78 is 21.2. The van der Waals surface area contributed by atoms with Crippen molar-refractivity contribution >= 4 is 17.2 Å². The third kappa shape index (κ3) is 4.10. The quantitative estimate of drug-likeness (QED) is 0.410. The smallest absolute Gasteiger partial charge is 0.248 e. The van der Waals surface area contributed by atoms with Crippen molar-refractivity contribution < 1.29 is 19.0 Å². The van der Waals surface area contributed by atoms with Gasteiger partial charge in [-0.05, 0) is 43.2 Å². The van der Waals surface area contributed by atoms with Gasteiger partial charge in [-0.15, -0.1) is 5.10 Å². The molecule has 2 heterocycles. The van der Waals surface area contributed by atoms with Crippen LogP contribution in [0.2, 0.25) is 0 Å². The molecule has 4 rings (SSSR count). The Morgan fingerprint density at radius 1 is 1.19 bits per heavy atom. The van der Waals surface area contributed by atoms with Crippen LogP contribution in [0.4, 0.5) is 10.1 Å². The number of carbonyl (C=O) groups is 1. The molecule has 2 aromatic carbocycles. The van der Waals surface area contributed by atoms with E-state index in [0.29, 0.717) is 34.9 Å². The normalized spacial score (nSPS) is 11.0.